The van der Waals surface area contributed by atoms with Crippen molar-refractivity contribution in [3.63, 3.8) is 0 Å². The number of nitrogens with zero attached hydrogens (tertiary/aromatic N) is 1. The summed E-state index contributed by atoms with van der Waals surface area (Å²) in [5.74, 6) is 0.695. The molecular weight excluding hydrogens is 314 g/mol. The van der Waals surface area contributed by atoms with Crippen LogP contribution in [0, 0.1) is 11.8 Å². The van der Waals surface area contributed by atoms with Crippen molar-refractivity contribution in [2.24, 2.45) is 11.8 Å². The van der Waals surface area contributed by atoms with Crippen LogP contribution in [0.15, 0.2) is 0 Å². The quantitative estimate of drug-likeness (QED) is 0.805. The smallest absolute Gasteiger partial charge is 0.304 e. The zero-order chi connectivity index (χ0) is 10.3. The van der Waals surface area contributed by atoms with Gasteiger partial charge in [0.1, 0.15) is 0 Å². The van der Waals surface area contributed by atoms with Gasteiger partial charge in [-0.05, 0) is 18.9 Å². The van der Waals surface area contributed by atoms with Crippen LogP contribution in [0.4, 0.5) is 0 Å². The predicted molar refractivity (Wildman–Crippen MR) is 60.9 cm³/mol. The summed E-state index contributed by atoms with van der Waals surface area (Å²) in [5, 5.41) is 8.58. The predicted octanol–water partition coefficient (Wildman–Crippen LogP) is 1.90. The van der Waals surface area contributed by atoms with Gasteiger partial charge in [0.25, 0.3) is 0 Å². The molecule has 80 valence electrons. The van der Waals surface area contributed by atoms with Crippen LogP contribution >= 0.6 is 31.9 Å². The Labute approximate surface area is 100 Å². The fourth-order valence-electron chi connectivity index (χ4n) is 2.25. The Kier molecular flexibility index (Phi) is 2.92. The SMILES string of the molecule is O=C(O)CCN1CCC2C(C1)C2(Br)Br. The number of fused-ring (bicyclic) bond motifs is 1. The molecule has 5 heteroatoms. The van der Waals surface area contributed by atoms with Crippen LogP contribution in [0.5, 0.6) is 0 Å². The summed E-state index contributed by atoms with van der Waals surface area (Å²) < 4.78 is 0.151. The third-order valence-electron chi connectivity index (χ3n) is 3.22. The molecular formula is C9H13Br2NO2. The molecule has 2 unspecified atom stereocenters. The summed E-state index contributed by atoms with van der Waals surface area (Å²) in [7, 11) is 0. The molecule has 1 heterocycles. The highest BCUT2D eigenvalue weighted by atomic mass is 79.9. The number of rotatable bonds is 3. The van der Waals surface area contributed by atoms with Gasteiger partial charge in [0.2, 0.25) is 0 Å². The topological polar surface area (TPSA) is 40.5 Å². The second kappa shape index (κ2) is 3.76. The standard InChI is InChI=1S/C9H13Br2NO2/c10-9(11)6-1-3-12(5-7(6)9)4-2-8(13)14/h6-7H,1-5H2,(H,13,14). The van der Waals surface area contributed by atoms with Gasteiger partial charge in [0, 0.05) is 19.0 Å². The molecule has 0 bridgehead atoms. The lowest BCUT2D eigenvalue weighted by Gasteiger charge is -2.24. The van der Waals surface area contributed by atoms with E-state index >= 15 is 0 Å². The van der Waals surface area contributed by atoms with E-state index in [9.17, 15) is 4.79 Å². The van der Waals surface area contributed by atoms with E-state index in [1.807, 2.05) is 0 Å². The number of likely N-dealkylation sites (tertiary alicyclic amines) is 1. The van der Waals surface area contributed by atoms with Crippen molar-refractivity contribution in [1.29, 1.82) is 0 Å². The van der Waals surface area contributed by atoms with E-state index < -0.39 is 5.97 Å². The number of carboxylic acid groups (broad SMARTS) is 1. The van der Waals surface area contributed by atoms with E-state index in [1.54, 1.807) is 0 Å². The molecule has 1 saturated heterocycles. The zero-order valence-electron chi connectivity index (χ0n) is 7.75. The molecule has 0 amide bonds. The first kappa shape index (κ1) is 10.9. The number of alkyl halides is 2. The number of carbonyl (C=O) groups is 1. The van der Waals surface area contributed by atoms with Crippen molar-refractivity contribution < 1.29 is 9.90 Å². The summed E-state index contributed by atoms with van der Waals surface area (Å²) in [6, 6.07) is 0. The first-order valence-corrected chi connectivity index (χ1v) is 6.42. The molecule has 0 spiro atoms. The largest absolute Gasteiger partial charge is 0.481 e. The Bertz CT molecular complexity index is 257. The van der Waals surface area contributed by atoms with E-state index in [0.29, 0.717) is 12.5 Å². The fourth-order valence-corrected chi connectivity index (χ4v) is 4.01. The Morgan fingerprint density at radius 3 is 2.79 bits per heavy atom. The Balaban J connectivity index is 1.79. The first-order valence-electron chi connectivity index (χ1n) is 4.84. The van der Waals surface area contributed by atoms with Crippen LogP contribution in [0.1, 0.15) is 12.8 Å². The summed E-state index contributed by atoms with van der Waals surface area (Å²) in [6.45, 7) is 2.75. The van der Waals surface area contributed by atoms with E-state index in [2.05, 4.69) is 36.8 Å². The van der Waals surface area contributed by atoms with E-state index in [4.69, 9.17) is 5.11 Å². The number of hydrogen-bond acceptors (Lipinski definition) is 2. The van der Waals surface area contributed by atoms with Crippen molar-refractivity contribution in [3.8, 4) is 0 Å². The first-order chi connectivity index (χ1) is 6.51. The van der Waals surface area contributed by atoms with Gasteiger partial charge in [0.15, 0.2) is 0 Å². The van der Waals surface area contributed by atoms with Crippen molar-refractivity contribution in [2.45, 2.75) is 16.1 Å². The monoisotopic (exact) mass is 325 g/mol. The highest BCUT2D eigenvalue weighted by Crippen LogP contribution is 2.64. The molecule has 1 N–H and O–H groups in total. The Morgan fingerprint density at radius 2 is 2.21 bits per heavy atom. The van der Waals surface area contributed by atoms with Crippen LogP contribution < -0.4 is 0 Å². The van der Waals surface area contributed by atoms with Crippen molar-refractivity contribution in [2.75, 3.05) is 19.6 Å². The van der Waals surface area contributed by atoms with Crippen LogP contribution in [0.25, 0.3) is 0 Å². The van der Waals surface area contributed by atoms with Gasteiger partial charge in [-0.15, -0.1) is 0 Å². The Hall–Kier alpha value is 0.390. The molecule has 0 aromatic heterocycles. The normalized spacial score (nSPS) is 35.0. The molecule has 0 aromatic rings. The molecule has 2 atom stereocenters. The van der Waals surface area contributed by atoms with E-state index in [-0.39, 0.29) is 9.65 Å². The van der Waals surface area contributed by atoms with Crippen LogP contribution in [-0.4, -0.2) is 38.8 Å². The number of halogens is 2. The molecule has 0 radical (unpaired) electrons. The number of aliphatic carboxylic acids is 1. The summed E-state index contributed by atoms with van der Waals surface area (Å²) in [5.41, 5.74) is 0. The maximum absolute atomic E-state index is 10.4. The minimum Gasteiger partial charge on any atom is -0.481 e. The highest BCUT2D eigenvalue weighted by molar-refractivity contribution is 9.25. The number of piperidine rings is 1. The van der Waals surface area contributed by atoms with Gasteiger partial charge in [0.05, 0.1) is 9.65 Å². The van der Waals surface area contributed by atoms with Crippen LogP contribution in [0.3, 0.4) is 0 Å². The van der Waals surface area contributed by atoms with Crippen molar-refractivity contribution in [1.82, 2.24) is 4.90 Å². The van der Waals surface area contributed by atoms with Gasteiger partial charge in [-0.25, -0.2) is 0 Å². The molecule has 1 aliphatic heterocycles. The van der Waals surface area contributed by atoms with Gasteiger partial charge < -0.3 is 10.0 Å². The van der Waals surface area contributed by atoms with Gasteiger partial charge in [-0.3, -0.25) is 4.79 Å². The minimum atomic E-state index is -0.702. The minimum absolute atomic E-state index is 0.151. The summed E-state index contributed by atoms with van der Waals surface area (Å²) >= 11 is 7.32. The van der Waals surface area contributed by atoms with Crippen LogP contribution in [0.2, 0.25) is 0 Å². The number of hydrogen-bond donors (Lipinski definition) is 1. The molecule has 2 rings (SSSR count). The second-order valence-electron chi connectivity index (χ2n) is 4.12. The molecule has 14 heavy (non-hydrogen) atoms. The van der Waals surface area contributed by atoms with Gasteiger partial charge in [-0.2, -0.15) is 0 Å². The maximum Gasteiger partial charge on any atom is 0.304 e. The van der Waals surface area contributed by atoms with Gasteiger partial charge >= 0.3 is 5.97 Å². The van der Waals surface area contributed by atoms with E-state index in [0.717, 1.165) is 19.0 Å². The average Bonchev–Trinajstić information content (AvgIpc) is 2.66. The molecule has 0 aromatic carbocycles. The fraction of sp³-hybridized carbons (Fsp3) is 0.889. The summed E-state index contributed by atoms with van der Waals surface area (Å²) in [6.07, 6.45) is 1.43. The van der Waals surface area contributed by atoms with Crippen molar-refractivity contribution >= 4 is 37.8 Å². The highest BCUT2D eigenvalue weighted by Gasteiger charge is 2.62. The van der Waals surface area contributed by atoms with E-state index in [1.165, 1.54) is 6.42 Å². The third-order valence-corrected chi connectivity index (χ3v) is 5.57. The van der Waals surface area contributed by atoms with Crippen LogP contribution in [-0.2, 0) is 4.79 Å². The zero-order valence-corrected chi connectivity index (χ0v) is 10.9. The third kappa shape index (κ3) is 1.99. The lowest BCUT2D eigenvalue weighted by Crippen LogP contribution is -2.33. The number of carboxylic acids is 1. The molecule has 3 nitrogen and oxygen atoms in total. The van der Waals surface area contributed by atoms with Crippen molar-refractivity contribution in [3.05, 3.63) is 0 Å². The Morgan fingerprint density at radius 1 is 1.50 bits per heavy atom. The molecule has 1 aliphatic carbocycles. The maximum atomic E-state index is 10.4. The lowest BCUT2D eigenvalue weighted by atomic mass is 10.1. The molecule has 2 aliphatic rings. The molecule has 2 fully saturated rings. The van der Waals surface area contributed by atoms with Gasteiger partial charge in [-0.1, -0.05) is 31.9 Å². The molecule has 1 saturated carbocycles. The average molecular weight is 327 g/mol. The lowest BCUT2D eigenvalue weighted by molar-refractivity contribution is -0.137. The summed E-state index contributed by atoms with van der Waals surface area (Å²) in [4.78, 5) is 12.7. The second-order valence-corrected chi connectivity index (χ2v) is 7.81.